The number of aromatic nitrogens is 2. The van der Waals surface area contributed by atoms with Gasteiger partial charge >= 0.3 is 5.97 Å². The van der Waals surface area contributed by atoms with Crippen molar-refractivity contribution in [1.82, 2.24) is 9.55 Å². The van der Waals surface area contributed by atoms with Crippen LogP contribution in [-0.4, -0.2) is 20.6 Å². The predicted molar refractivity (Wildman–Crippen MR) is 90.2 cm³/mol. The van der Waals surface area contributed by atoms with Crippen LogP contribution in [0.15, 0.2) is 48.7 Å². The third-order valence-electron chi connectivity index (χ3n) is 4.04. The second-order valence-electron chi connectivity index (χ2n) is 5.71. The van der Waals surface area contributed by atoms with Gasteiger partial charge in [-0.15, -0.1) is 0 Å². The van der Waals surface area contributed by atoms with Gasteiger partial charge in [0.2, 0.25) is 0 Å². The fraction of sp³-hybridized carbons (Fsp3) is 0.158. The molecule has 4 nitrogen and oxygen atoms in total. The van der Waals surface area contributed by atoms with E-state index in [-0.39, 0.29) is 5.69 Å². The summed E-state index contributed by atoms with van der Waals surface area (Å²) in [7, 11) is 0. The minimum absolute atomic E-state index is 0.0439. The molecule has 0 amide bonds. The quantitative estimate of drug-likeness (QED) is 0.790. The molecule has 0 saturated carbocycles. The lowest BCUT2D eigenvalue weighted by Gasteiger charge is -2.12. The van der Waals surface area contributed by atoms with Gasteiger partial charge in [-0.2, -0.15) is 0 Å². The molecule has 1 aromatic heterocycles. The summed E-state index contributed by atoms with van der Waals surface area (Å²) >= 11 is 0. The topological polar surface area (TPSA) is 55.1 Å². The van der Waals surface area contributed by atoms with Crippen LogP contribution in [0.2, 0.25) is 0 Å². The fourth-order valence-corrected chi connectivity index (χ4v) is 2.65. The highest BCUT2D eigenvalue weighted by Crippen LogP contribution is 2.26. The fourth-order valence-electron chi connectivity index (χ4n) is 2.65. The number of carboxylic acids is 1. The third kappa shape index (κ3) is 2.75. The number of nitrogens with zero attached hydrogens (tertiary/aromatic N) is 2. The predicted octanol–water partition coefficient (Wildman–Crippen LogP) is 4.16. The highest BCUT2D eigenvalue weighted by Gasteiger charge is 2.17. The molecule has 0 unspecified atom stereocenters. The summed E-state index contributed by atoms with van der Waals surface area (Å²) in [5.74, 6) is -0.386. The lowest BCUT2D eigenvalue weighted by Crippen LogP contribution is -2.00. The van der Waals surface area contributed by atoms with Crippen molar-refractivity contribution in [2.45, 2.75) is 20.8 Å². The first-order chi connectivity index (χ1) is 11.0. The molecule has 0 aliphatic rings. The van der Waals surface area contributed by atoms with E-state index in [4.69, 9.17) is 0 Å². The molecule has 0 spiro atoms. The number of carbonyl (C=O) groups is 1. The molecular formula is C19H18N2O2. The molecular weight excluding hydrogens is 288 g/mol. The van der Waals surface area contributed by atoms with Gasteiger partial charge in [0, 0.05) is 11.8 Å². The second-order valence-corrected chi connectivity index (χ2v) is 5.71. The molecule has 3 aromatic rings. The average Bonchev–Trinajstić information content (AvgIpc) is 2.95. The van der Waals surface area contributed by atoms with E-state index in [1.165, 1.54) is 0 Å². The van der Waals surface area contributed by atoms with Gasteiger partial charge in [-0.25, -0.2) is 9.78 Å². The van der Waals surface area contributed by atoms with Crippen molar-refractivity contribution in [2.24, 2.45) is 0 Å². The van der Waals surface area contributed by atoms with E-state index in [0.717, 1.165) is 27.9 Å². The van der Waals surface area contributed by atoms with Crippen LogP contribution >= 0.6 is 0 Å². The van der Waals surface area contributed by atoms with Crippen molar-refractivity contribution in [3.8, 4) is 17.1 Å². The standard InChI is InChI=1S/C19H18N2O2/c1-12-6-4-8-15(10-12)18-20-16(19(22)23)11-21(18)17-9-5-7-13(2)14(17)3/h4-11H,1-3H3,(H,22,23). The van der Waals surface area contributed by atoms with Crippen molar-refractivity contribution in [1.29, 1.82) is 0 Å². The van der Waals surface area contributed by atoms with Gasteiger partial charge in [0.25, 0.3) is 0 Å². The lowest BCUT2D eigenvalue weighted by molar-refractivity contribution is 0.0691. The number of aromatic carboxylic acids is 1. The Labute approximate surface area is 135 Å². The van der Waals surface area contributed by atoms with Gasteiger partial charge in [0.05, 0.1) is 5.69 Å². The molecule has 0 bridgehead atoms. The summed E-state index contributed by atoms with van der Waals surface area (Å²) < 4.78 is 1.86. The molecule has 0 radical (unpaired) electrons. The number of aryl methyl sites for hydroxylation is 2. The molecule has 1 heterocycles. The Balaban J connectivity index is 2.27. The summed E-state index contributed by atoms with van der Waals surface area (Å²) in [6.07, 6.45) is 1.59. The number of imidazole rings is 1. The molecule has 4 heteroatoms. The Morgan fingerprint density at radius 3 is 2.52 bits per heavy atom. The summed E-state index contributed by atoms with van der Waals surface area (Å²) in [5.41, 5.74) is 5.26. The van der Waals surface area contributed by atoms with E-state index in [9.17, 15) is 9.90 Å². The van der Waals surface area contributed by atoms with E-state index in [1.807, 2.05) is 67.8 Å². The maximum absolute atomic E-state index is 11.4. The van der Waals surface area contributed by atoms with Gasteiger partial charge in [-0.1, -0.05) is 35.9 Å². The van der Waals surface area contributed by atoms with E-state index >= 15 is 0 Å². The molecule has 2 aromatic carbocycles. The molecule has 3 rings (SSSR count). The van der Waals surface area contributed by atoms with Gasteiger partial charge in [-0.3, -0.25) is 4.57 Å². The lowest BCUT2D eigenvalue weighted by atomic mass is 10.1. The van der Waals surface area contributed by atoms with Crippen LogP contribution < -0.4 is 0 Å². The first kappa shape index (κ1) is 15.0. The Morgan fingerprint density at radius 2 is 1.83 bits per heavy atom. The number of carboxylic acid groups (broad SMARTS) is 1. The van der Waals surface area contributed by atoms with E-state index in [1.54, 1.807) is 6.20 Å². The molecule has 23 heavy (non-hydrogen) atoms. The van der Waals surface area contributed by atoms with Gasteiger partial charge in [-0.05, 0) is 44.0 Å². The number of hydrogen-bond donors (Lipinski definition) is 1. The summed E-state index contributed by atoms with van der Waals surface area (Å²) in [6, 6.07) is 13.9. The van der Waals surface area contributed by atoms with Crippen molar-refractivity contribution in [2.75, 3.05) is 0 Å². The number of benzene rings is 2. The Hall–Kier alpha value is -2.88. The zero-order chi connectivity index (χ0) is 16.6. The van der Waals surface area contributed by atoms with Crippen LogP contribution in [0.4, 0.5) is 0 Å². The van der Waals surface area contributed by atoms with Crippen LogP contribution in [0.25, 0.3) is 17.1 Å². The molecule has 0 fully saturated rings. The molecule has 116 valence electrons. The molecule has 0 atom stereocenters. The molecule has 0 aliphatic heterocycles. The van der Waals surface area contributed by atoms with Gasteiger partial charge in [0.15, 0.2) is 5.69 Å². The Kier molecular flexibility index (Phi) is 3.74. The van der Waals surface area contributed by atoms with Gasteiger partial charge in [0.1, 0.15) is 5.82 Å². The molecule has 0 aliphatic carbocycles. The molecule has 0 saturated heterocycles. The highest BCUT2D eigenvalue weighted by molar-refractivity contribution is 5.86. The Morgan fingerprint density at radius 1 is 1.09 bits per heavy atom. The average molecular weight is 306 g/mol. The van der Waals surface area contributed by atoms with E-state index in [2.05, 4.69) is 4.98 Å². The minimum atomic E-state index is -1.03. The zero-order valence-corrected chi connectivity index (χ0v) is 13.4. The van der Waals surface area contributed by atoms with E-state index < -0.39 is 5.97 Å². The first-order valence-electron chi connectivity index (χ1n) is 7.43. The monoisotopic (exact) mass is 306 g/mol. The van der Waals surface area contributed by atoms with E-state index in [0.29, 0.717) is 5.82 Å². The second kappa shape index (κ2) is 5.72. The number of rotatable bonds is 3. The van der Waals surface area contributed by atoms with Crippen LogP contribution in [0.1, 0.15) is 27.2 Å². The smallest absolute Gasteiger partial charge is 0.356 e. The molecule has 1 N–H and O–H groups in total. The maximum Gasteiger partial charge on any atom is 0.356 e. The normalized spacial score (nSPS) is 10.7. The summed E-state index contributed by atoms with van der Waals surface area (Å²) in [6.45, 7) is 6.08. The van der Waals surface area contributed by atoms with Crippen molar-refractivity contribution < 1.29 is 9.90 Å². The van der Waals surface area contributed by atoms with Crippen molar-refractivity contribution >= 4 is 5.97 Å². The van der Waals surface area contributed by atoms with Crippen molar-refractivity contribution in [3.05, 3.63) is 71.0 Å². The highest BCUT2D eigenvalue weighted by atomic mass is 16.4. The van der Waals surface area contributed by atoms with Gasteiger partial charge < -0.3 is 5.11 Å². The maximum atomic E-state index is 11.4. The minimum Gasteiger partial charge on any atom is -0.476 e. The summed E-state index contributed by atoms with van der Waals surface area (Å²) in [5, 5.41) is 9.32. The van der Waals surface area contributed by atoms with Crippen LogP contribution in [0, 0.1) is 20.8 Å². The largest absolute Gasteiger partial charge is 0.476 e. The SMILES string of the molecule is Cc1cccc(-c2nc(C(=O)O)cn2-c2cccc(C)c2C)c1. The Bertz CT molecular complexity index is 894. The third-order valence-corrected chi connectivity index (χ3v) is 4.04. The summed E-state index contributed by atoms with van der Waals surface area (Å²) in [4.78, 5) is 15.7. The first-order valence-corrected chi connectivity index (χ1v) is 7.43. The number of hydrogen-bond acceptors (Lipinski definition) is 2. The zero-order valence-electron chi connectivity index (χ0n) is 13.4. The van der Waals surface area contributed by atoms with Crippen molar-refractivity contribution in [3.63, 3.8) is 0 Å². The van der Waals surface area contributed by atoms with Crippen LogP contribution in [-0.2, 0) is 0 Å². The van der Waals surface area contributed by atoms with Crippen LogP contribution in [0.3, 0.4) is 0 Å². The van der Waals surface area contributed by atoms with Crippen LogP contribution in [0.5, 0.6) is 0 Å².